The van der Waals surface area contributed by atoms with Gasteiger partial charge >= 0.3 is 0 Å². The standard InChI is InChI=1S/C16H23N3/c1-11-6-13(9-16(2,3)8-11)19-15-5-4-12(10-17)7-14(15)18/h4-5,7,11,13,19H,6,8-9,18H2,1-3H3/t11-,13?/m1/s1. The summed E-state index contributed by atoms with van der Waals surface area (Å²) < 4.78 is 0. The summed E-state index contributed by atoms with van der Waals surface area (Å²) in [6.07, 6.45) is 3.63. The molecule has 0 bridgehead atoms. The third-order valence-electron chi connectivity index (χ3n) is 3.93. The fraction of sp³-hybridized carbons (Fsp3) is 0.562. The SMILES string of the molecule is C[C@@H]1CC(Nc2ccc(C#N)cc2N)CC(C)(C)C1. The predicted octanol–water partition coefficient (Wildman–Crippen LogP) is 3.77. The van der Waals surface area contributed by atoms with E-state index in [4.69, 9.17) is 11.0 Å². The average molecular weight is 257 g/mol. The van der Waals surface area contributed by atoms with E-state index in [1.165, 1.54) is 12.8 Å². The highest BCUT2D eigenvalue weighted by atomic mass is 14.9. The molecule has 1 aliphatic carbocycles. The molecule has 0 heterocycles. The molecule has 1 saturated carbocycles. The van der Waals surface area contributed by atoms with Gasteiger partial charge in [0.05, 0.1) is 23.0 Å². The maximum atomic E-state index is 8.85. The molecule has 19 heavy (non-hydrogen) atoms. The van der Waals surface area contributed by atoms with Gasteiger partial charge in [0.25, 0.3) is 0 Å². The molecule has 0 aliphatic heterocycles. The van der Waals surface area contributed by atoms with Gasteiger partial charge in [0.15, 0.2) is 0 Å². The number of nitrogens with one attached hydrogen (secondary N) is 1. The molecule has 1 unspecified atom stereocenters. The lowest BCUT2D eigenvalue weighted by Gasteiger charge is -2.39. The van der Waals surface area contributed by atoms with Crippen molar-refractivity contribution in [2.24, 2.45) is 11.3 Å². The van der Waals surface area contributed by atoms with Crippen molar-refractivity contribution in [2.75, 3.05) is 11.1 Å². The van der Waals surface area contributed by atoms with Crippen molar-refractivity contribution >= 4 is 11.4 Å². The van der Waals surface area contributed by atoms with Crippen molar-refractivity contribution in [2.45, 2.75) is 46.1 Å². The molecular formula is C16H23N3. The molecule has 3 nitrogen and oxygen atoms in total. The van der Waals surface area contributed by atoms with E-state index in [9.17, 15) is 0 Å². The first-order valence-electron chi connectivity index (χ1n) is 6.96. The Morgan fingerprint density at radius 3 is 2.68 bits per heavy atom. The minimum absolute atomic E-state index is 0.386. The zero-order valence-corrected chi connectivity index (χ0v) is 12.0. The molecule has 0 spiro atoms. The van der Waals surface area contributed by atoms with Gasteiger partial charge in [-0.15, -0.1) is 0 Å². The lowest BCUT2D eigenvalue weighted by Crippen LogP contribution is -2.35. The monoisotopic (exact) mass is 257 g/mol. The molecule has 0 amide bonds. The first kappa shape index (κ1) is 13.7. The minimum atomic E-state index is 0.386. The van der Waals surface area contributed by atoms with E-state index in [2.05, 4.69) is 32.2 Å². The minimum Gasteiger partial charge on any atom is -0.397 e. The third kappa shape index (κ3) is 3.41. The van der Waals surface area contributed by atoms with Crippen LogP contribution in [0.4, 0.5) is 11.4 Å². The second kappa shape index (κ2) is 5.13. The highest BCUT2D eigenvalue weighted by molar-refractivity contribution is 5.68. The van der Waals surface area contributed by atoms with Crippen LogP contribution in [0.2, 0.25) is 0 Å². The van der Waals surface area contributed by atoms with Gasteiger partial charge in [-0.2, -0.15) is 5.26 Å². The van der Waals surface area contributed by atoms with Gasteiger partial charge in [-0.1, -0.05) is 20.8 Å². The van der Waals surface area contributed by atoms with Crippen LogP contribution in [0.25, 0.3) is 0 Å². The Labute approximate surface area is 115 Å². The zero-order chi connectivity index (χ0) is 14.0. The lowest BCUT2D eigenvalue weighted by molar-refractivity contribution is 0.178. The summed E-state index contributed by atoms with van der Waals surface area (Å²) in [7, 11) is 0. The fourth-order valence-electron chi connectivity index (χ4n) is 3.44. The zero-order valence-electron chi connectivity index (χ0n) is 12.0. The Hall–Kier alpha value is -1.69. The first-order valence-corrected chi connectivity index (χ1v) is 6.96. The average Bonchev–Trinajstić information content (AvgIpc) is 2.29. The molecule has 0 saturated heterocycles. The summed E-state index contributed by atoms with van der Waals surface area (Å²) in [5, 5.41) is 12.4. The number of nitrogens with two attached hydrogens (primary N) is 1. The normalized spacial score (nSPS) is 25.6. The van der Waals surface area contributed by atoms with Crippen molar-refractivity contribution in [1.82, 2.24) is 0 Å². The molecule has 1 aliphatic rings. The van der Waals surface area contributed by atoms with Gasteiger partial charge < -0.3 is 11.1 Å². The first-order chi connectivity index (χ1) is 8.89. The number of hydrogen-bond acceptors (Lipinski definition) is 3. The van der Waals surface area contributed by atoms with Crippen LogP contribution >= 0.6 is 0 Å². The van der Waals surface area contributed by atoms with Crippen LogP contribution in [0, 0.1) is 22.7 Å². The summed E-state index contributed by atoms with van der Waals surface area (Å²) in [6.45, 7) is 6.98. The summed E-state index contributed by atoms with van der Waals surface area (Å²) in [6, 6.07) is 8.05. The molecule has 1 aromatic rings. The molecule has 1 aromatic carbocycles. The van der Waals surface area contributed by atoms with Gasteiger partial charge in [-0.25, -0.2) is 0 Å². The quantitative estimate of drug-likeness (QED) is 0.793. The van der Waals surface area contributed by atoms with Gasteiger partial charge in [0.1, 0.15) is 0 Å². The molecular weight excluding hydrogens is 234 g/mol. The van der Waals surface area contributed by atoms with E-state index in [-0.39, 0.29) is 0 Å². The van der Waals surface area contributed by atoms with Crippen LogP contribution < -0.4 is 11.1 Å². The van der Waals surface area contributed by atoms with Crippen LogP contribution in [0.3, 0.4) is 0 Å². The van der Waals surface area contributed by atoms with Crippen LogP contribution in [-0.4, -0.2) is 6.04 Å². The number of hydrogen-bond donors (Lipinski definition) is 2. The molecule has 3 heteroatoms. The Morgan fingerprint density at radius 1 is 1.37 bits per heavy atom. The maximum absolute atomic E-state index is 8.85. The molecule has 0 radical (unpaired) electrons. The van der Waals surface area contributed by atoms with Crippen LogP contribution in [0.5, 0.6) is 0 Å². The summed E-state index contributed by atoms with van der Waals surface area (Å²) in [5.74, 6) is 0.737. The number of nitriles is 1. The summed E-state index contributed by atoms with van der Waals surface area (Å²) in [5.41, 5.74) is 8.61. The van der Waals surface area contributed by atoms with Gasteiger partial charge in [0, 0.05) is 6.04 Å². The van der Waals surface area contributed by atoms with Crippen LogP contribution in [-0.2, 0) is 0 Å². The molecule has 3 N–H and O–H groups in total. The van der Waals surface area contributed by atoms with E-state index < -0.39 is 0 Å². The number of nitrogen functional groups attached to an aromatic ring is 1. The van der Waals surface area contributed by atoms with Crippen molar-refractivity contribution in [3.05, 3.63) is 23.8 Å². The second-order valence-corrected chi connectivity index (χ2v) is 6.67. The smallest absolute Gasteiger partial charge is 0.0992 e. The molecule has 1 fully saturated rings. The summed E-state index contributed by atoms with van der Waals surface area (Å²) in [4.78, 5) is 0. The number of benzene rings is 1. The summed E-state index contributed by atoms with van der Waals surface area (Å²) >= 11 is 0. The van der Waals surface area contributed by atoms with E-state index >= 15 is 0 Å². The van der Waals surface area contributed by atoms with Gasteiger partial charge in [-0.3, -0.25) is 0 Å². The maximum Gasteiger partial charge on any atom is 0.0992 e. The molecule has 2 atom stereocenters. The molecule has 2 rings (SSSR count). The van der Waals surface area contributed by atoms with Gasteiger partial charge in [-0.05, 0) is 48.8 Å². The number of anilines is 2. The second-order valence-electron chi connectivity index (χ2n) is 6.67. The van der Waals surface area contributed by atoms with Crippen LogP contribution in [0.1, 0.15) is 45.6 Å². The Balaban J connectivity index is 2.11. The van der Waals surface area contributed by atoms with Gasteiger partial charge in [0.2, 0.25) is 0 Å². The Morgan fingerprint density at radius 2 is 2.11 bits per heavy atom. The van der Waals surface area contributed by atoms with Crippen molar-refractivity contribution in [3.8, 4) is 6.07 Å². The third-order valence-corrected chi connectivity index (χ3v) is 3.93. The van der Waals surface area contributed by atoms with E-state index in [0.717, 1.165) is 18.0 Å². The van der Waals surface area contributed by atoms with Crippen molar-refractivity contribution in [1.29, 1.82) is 5.26 Å². The highest BCUT2D eigenvalue weighted by Crippen LogP contribution is 2.40. The Bertz CT molecular complexity index is 499. The fourth-order valence-corrected chi connectivity index (χ4v) is 3.44. The number of nitrogens with zero attached hydrogens (tertiary/aromatic N) is 1. The van der Waals surface area contributed by atoms with Crippen molar-refractivity contribution in [3.63, 3.8) is 0 Å². The van der Waals surface area contributed by atoms with E-state index in [1.807, 2.05) is 12.1 Å². The predicted molar refractivity (Wildman–Crippen MR) is 79.8 cm³/mol. The van der Waals surface area contributed by atoms with E-state index in [0.29, 0.717) is 22.7 Å². The lowest BCUT2D eigenvalue weighted by atomic mass is 9.70. The number of rotatable bonds is 2. The van der Waals surface area contributed by atoms with Crippen molar-refractivity contribution < 1.29 is 0 Å². The largest absolute Gasteiger partial charge is 0.397 e. The Kier molecular flexibility index (Phi) is 3.71. The van der Waals surface area contributed by atoms with E-state index in [1.54, 1.807) is 6.07 Å². The topological polar surface area (TPSA) is 61.8 Å². The highest BCUT2D eigenvalue weighted by Gasteiger charge is 2.32. The van der Waals surface area contributed by atoms with Crippen LogP contribution in [0.15, 0.2) is 18.2 Å². The molecule has 102 valence electrons. The molecule has 0 aromatic heterocycles.